The summed E-state index contributed by atoms with van der Waals surface area (Å²) in [6.45, 7) is 0.719. The molecular formula is C20H22BrClN2O3S. The van der Waals surface area contributed by atoms with Crippen LogP contribution in [0.15, 0.2) is 57.9 Å². The lowest BCUT2D eigenvalue weighted by Gasteiger charge is -2.31. The molecular weight excluding hydrogens is 464 g/mol. The van der Waals surface area contributed by atoms with E-state index < -0.39 is 10.0 Å². The number of piperidine rings is 1. The zero-order chi connectivity index (χ0) is 20.1. The summed E-state index contributed by atoms with van der Waals surface area (Å²) < 4.78 is 27.9. The van der Waals surface area contributed by atoms with Crippen LogP contribution >= 0.6 is 27.5 Å². The second kappa shape index (κ2) is 9.39. The number of carbonyl (C=O) groups excluding carboxylic acids is 1. The molecule has 1 N–H and O–H groups in total. The molecule has 1 saturated heterocycles. The Morgan fingerprint density at radius 2 is 1.82 bits per heavy atom. The average molecular weight is 486 g/mol. The highest BCUT2D eigenvalue weighted by atomic mass is 79.9. The number of nitrogens with one attached hydrogen (secondary N) is 1. The van der Waals surface area contributed by atoms with Gasteiger partial charge in [0.25, 0.3) is 0 Å². The second-order valence-electron chi connectivity index (χ2n) is 6.81. The van der Waals surface area contributed by atoms with Crippen molar-refractivity contribution in [1.82, 2.24) is 9.62 Å². The minimum Gasteiger partial charge on any atom is -0.353 e. The number of halogens is 2. The Morgan fingerprint density at radius 3 is 2.46 bits per heavy atom. The van der Waals surface area contributed by atoms with Gasteiger partial charge >= 0.3 is 0 Å². The van der Waals surface area contributed by atoms with Gasteiger partial charge in [-0.05, 0) is 43.0 Å². The Balaban J connectivity index is 1.52. The lowest BCUT2D eigenvalue weighted by molar-refractivity contribution is -0.122. The zero-order valence-electron chi connectivity index (χ0n) is 15.3. The van der Waals surface area contributed by atoms with Crippen LogP contribution in [0.3, 0.4) is 0 Å². The molecule has 5 nitrogen and oxygen atoms in total. The molecule has 1 aliphatic heterocycles. The first kappa shape index (κ1) is 21.3. The van der Waals surface area contributed by atoms with E-state index in [1.54, 1.807) is 12.1 Å². The molecule has 1 amide bonds. The molecule has 0 aromatic heterocycles. The fourth-order valence-corrected chi connectivity index (χ4v) is 5.75. The van der Waals surface area contributed by atoms with E-state index in [0.29, 0.717) is 38.8 Å². The van der Waals surface area contributed by atoms with Crippen LogP contribution in [0.5, 0.6) is 0 Å². The third-order valence-electron chi connectivity index (χ3n) is 4.81. The molecule has 28 heavy (non-hydrogen) atoms. The summed E-state index contributed by atoms with van der Waals surface area (Å²) in [7, 11) is -3.64. The van der Waals surface area contributed by atoms with Crippen molar-refractivity contribution in [2.24, 2.45) is 0 Å². The third-order valence-corrected chi connectivity index (χ3v) is 7.69. The van der Waals surface area contributed by atoms with E-state index in [4.69, 9.17) is 11.6 Å². The number of rotatable bonds is 6. The molecule has 0 saturated carbocycles. The molecule has 0 bridgehead atoms. The largest absolute Gasteiger partial charge is 0.353 e. The van der Waals surface area contributed by atoms with Crippen LogP contribution in [0, 0.1) is 0 Å². The van der Waals surface area contributed by atoms with Gasteiger partial charge in [-0.3, -0.25) is 4.79 Å². The summed E-state index contributed by atoms with van der Waals surface area (Å²) in [5.41, 5.74) is 1.13. The SMILES string of the molecule is O=C(CCc1ccccc1)NC1CCN(S(=O)(=O)c2ccc(Br)cc2Cl)CC1. The van der Waals surface area contributed by atoms with Crippen molar-refractivity contribution in [2.45, 2.75) is 36.6 Å². The van der Waals surface area contributed by atoms with Gasteiger partial charge in [0.1, 0.15) is 4.90 Å². The molecule has 2 aromatic carbocycles. The monoisotopic (exact) mass is 484 g/mol. The molecule has 1 fully saturated rings. The Bertz CT molecular complexity index is 930. The third kappa shape index (κ3) is 5.35. The Morgan fingerprint density at radius 1 is 1.14 bits per heavy atom. The van der Waals surface area contributed by atoms with Gasteiger partial charge in [-0.1, -0.05) is 57.9 Å². The van der Waals surface area contributed by atoms with Crippen molar-refractivity contribution in [1.29, 1.82) is 0 Å². The van der Waals surface area contributed by atoms with Gasteiger partial charge in [-0.25, -0.2) is 8.42 Å². The van der Waals surface area contributed by atoms with Crippen LogP contribution in [0.2, 0.25) is 5.02 Å². The van der Waals surface area contributed by atoms with Gasteiger partial charge in [-0.2, -0.15) is 4.31 Å². The number of hydrogen-bond acceptors (Lipinski definition) is 3. The van der Waals surface area contributed by atoms with E-state index in [1.165, 1.54) is 10.4 Å². The maximum Gasteiger partial charge on any atom is 0.244 e. The maximum absolute atomic E-state index is 12.8. The van der Waals surface area contributed by atoms with Crippen LogP contribution in [0.1, 0.15) is 24.8 Å². The molecule has 1 aliphatic rings. The van der Waals surface area contributed by atoms with E-state index in [9.17, 15) is 13.2 Å². The molecule has 0 unspecified atom stereocenters. The smallest absolute Gasteiger partial charge is 0.244 e. The van der Waals surface area contributed by atoms with E-state index in [2.05, 4.69) is 21.2 Å². The lowest BCUT2D eigenvalue weighted by atomic mass is 10.1. The van der Waals surface area contributed by atoms with E-state index in [1.807, 2.05) is 30.3 Å². The number of hydrogen-bond donors (Lipinski definition) is 1. The fraction of sp³-hybridized carbons (Fsp3) is 0.350. The lowest BCUT2D eigenvalue weighted by Crippen LogP contribution is -2.46. The first-order valence-electron chi connectivity index (χ1n) is 9.15. The van der Waals surface area contributed by atoms with Crippen molar-refractivity contribution < 1.29 is 13.2 Å². The first-order valence-corrected chi connectivity index (χ1v) is 11.8. The highest BCUT2D eigenvalue weighted by Gasteiger charge is 2.31. The maximum atomic E-state index is 12.8. The van der Waals surface area contributed by atoms with Crippen LogP contribution in [0.25, 0.3) is 0 Å². The van der Waals surface area contributed by atoms with Crippen molar-refractivity contribution in [3.05, 3.63) is 63.6 Å². The highest BCUT2D eigenvalue weighted by Crippen LogP contribution is 2.29. The fourth-order valence-electron chi connectivity index (χ4n) is 3.27. The van der Waals surface area contributed by atoms with Gasteiger partial charge in [0, 0.05) is 30.0 Å². The Kier molecular flexibility index (Phi) is 7.15. The number of amides is 1. The predicted octanol–water partition coefficient (Wildman–Crippen LogP) is 4.00. The number of sulfonamides is 1. The van der Waals surface area contributed by atoms with E-state index in [-0.39, 0.29) is 21.9 Å². The van der Waals surface area contributed by atoms with Crippen LogP contribution < -0.4 is 5.32 Å². The summed E-state index contributed by atoms with van der Waals surface area (Å²) >= 11 is 9.41. The molecule has 0 radical (unpaired) electrons. The summed E-state index contributed by atoms with van der Waals surface area (Å²) in [6, 6.07) is 14.6. The van der Waals surface area contributed by atoms with Crippen molar-refractivity contribution in [3.8, 4) is 0 Å². The van der Waals surface area contributed by atoms with Gasteiger partial charge in [0.2, 0.25) is 15.9 Å². The molecule has 8 heteroatoms. The van der Waals surface area contributed by atoms with Gasteiger partial charge < -0.3 is 5.32 Å². The molecule has 150 valence electrons. The second-order valence-corrected chi connectivity index (χ2v) is 10.0. The summed E-state index contributed by atoms with van der Waals surface area (Å²) in [4.78, 5) is 12.3. The summed E-state index contributed by atoms with van der Waals surface area (Å²) in [6.07, 6.45) is 2.30. The van der Waals surface area contributed by atoms with Crippen LogP contribution in [-0.2, 0) is 21.2 Å². The molecule has 0 aliphatic carbocycles. The average Bonchev–Trinajstić information content (AvgIpc) is 2.67. The van der Waals surface area contributed by atoms with Gasteiger partial charge in [-0.15, -0.1) is 0 Å². The Hall–Kier alpha value is -1.41. The Labute approximate surface area is 179 Å². The number of carbonyl (C=O) groups is 1. The zero-order valence-corrected chi connectivity index (χ0v) is 18.4. The van der Waals surface area contributed by atoms with Crippen molar-refractivity contribution >= 4 is 43.5 Å². The van der Waals surface area contributed by atoms with E-state index in [0.717, 1.165) is 10.0 Å². The highest BCUT2D eigenvalue weighted by molar-refractivity contribution is 9.10. The van der Waals surface area contributed by atoms with Gasteiger partial charge in [0.15, 0.2) is 0 Å². The molecule has 0 spiro atoms. The first-order chi connectivity index (χ1) is 13.4. The topological polar surface area (TPSA) is 66.5 Å². The molecule has 1 heterocycles. The molecule has 2 aromatic rings. The van der Waals surface area contributed by atoms with Crippen molar-refractivity contribution in [2.75, 3.05) is 13.1 Å². The van der Waals surface area contributed by atoms with Crippen molar-refractivity contribution in [3.63, 3.8) is 0 Å². The summed E-state index contributed by atoms with van der Waals surface area (Å²) in [5, 5.41) is 3.23. The molecule has 0 atom stereocenters. The number of aryl methyl sites for hydroxylation is 1. The summed E-state index contributed by atoms with van der Waals surface area (Å²) in [5.74, 6) is 0.00103. The van der Waals surface area contributed by atoms with Gasteiger partial charge in [0.05, 0.1) is 5.02 Å². The molecule has 3 rings (SSSR count). The normalized spacial score (nSPS) is 16.1. The number of benzene rings is 2. The minimum atomic E-state index is -3.64. The standard InChI is InChI=1S/C20H22BrClN2O3S/c21-16-7-8-19(18(22)14-16)28(26,27)24-12-10-17(11-13-24)23-20(25)9-6-15-4-2-1-3-5-15/h1-5,7-8,14,17H,6,9-13H2,(H,23,25). The quantitative estimate of drug-likeness (QED) is 0.672. The minimum absolute atomic E-state index is 0.00103. The van der Waals surface area contributed by atoms with E-state index >= 15 is 0 Å². The predicted molar refractivity (Wildman–Crippen MR) is 114 cm³/mol. The number of nitrogens with zero attached hydrogens (tertiary/aromatic N) is 1. The van der Waals surface area contributed by atoms with Crippen LogP contribution in [0.4, 0.5) is 0 Å². The van der Waals surface area contributed by atoms with Crippen LogP contribution in [-0.4, -0.2) is 37.8 Å².